The highest BCUT2D eigenvalue weighted by molar-refractivity contribution is 6.31. The van der Waals surface area contributed by atoms with Gasteiger partial charge in [0, 0.05) is 10.7 Å². The second kappa shape index (κ2) is 5.62. The molecule has 2 N–H and O–H groups in total. The third kappa shape index (κ3) is 3.15. The molecule has 0 heterocycles. The number of hydrogen-bond donors (Lipinski definition) is 1. The fraction of sp³-hybridized carbons (Fsp3) is 0.400. The normalized spacial score (nSPS) is 19.8. The largest absolute Gasteiger partial charge is 0.398 e. The fourth-order valence-corrected chi connectivity index (χ4v) is 3.27. The van der Waals surface area contributed by atoms with E-state index >= 15 is 0 Å². The lowest BCUT2D eigenvalue weighted by atomic mass is 9.97. The van der Waals surface area contributed by atoms with E-state index in [9.17, 15) is 0 Å². The van der Waals surface area contributed by atoms with E-state index in [0.717, 1.165) is 10.7 Å². The van der Waals surface area contributed by atoms with Crippen molar-refractivity contribution in [3.05, 3.63) is 64.7 Å². The number of halogens is 1. The SMILES string of the molecule is CC1(c2ccccc2Cl)CC1.CC1(c2ccccc2N)CC1. The molecule has 0 amide bonds. The van der Waals surface area contributed by atoms with Gasteiger partial charge in [-0.1, -0.05) is 61.8 Å². The highest BCUT2D eigenvalue weighted by atomic mass is 35.5. The van der Waals surface area contributed by atoms with Gasteiger partial charge in [0.15, 0.2) is 0 Å². The van der Waals surface area contributed by atoms with Gasteiger partial charge in [-0.05, 0) is 59.8 Å². The van der Waals surface area contributed by atoms with Crippen LogP contribution in [0.4, 0.5) is 5.69 Å². The van der Waals surface area contributed by atoms with E-state index in [2.05, 4.69) is 38.1 Å². The molecular weight excluding hydrogens is 290 g/mol. The maximum atomic E-state index is 6.05. The van der Waals surface area contributed by atoms with Crippen molar-refractivity contribution in [1.82, 2.24) is 0 Å². The minimum absolute atomic E-state index is 0.401. The van der Waals surface area contributed by atoms with Gasteiger partial charge in [-0.2, -0.15) is 0 Å². The third-order valence-corrected chi connectivity index (χ3v) is 5.46. The number of benzene rings is 2. The Hall–Kier alpha value is -1.47. The van der Waals surface area contributed by atoms with Crippen LogP contribution in [-0.2, 0) is 10.8 Å². The van der Waals surface area contributed by atoms with Crippen LogP contribution in [0, 0.1) is 0 Å². The quantitative estimate of drug-likeness (QED) is 0.706. The average Bonchev–Trinajstić information content (AvgIpc) is 3.41. The van der Waals surface area contributed by atoms with Gasteiger partial charge >= 0.3 is 0 Å². The van der Waals surface area contributed by atoms with E-state index in [0.29, 0.717) is 10.8 Å². The van der Waals surface area contributed by atoms with Crippen LogP contribution in [0.5, 0.6) is 0 Å². The molecule has 2 fully saturated rings. The van der Waals surface area contributed by atoms with Gasteiger partial charge in [0.2, 0.25) is 0 Å². The molecule has 2 aliphatic carbocycles. The first kappa shape index (κ1) is 15.4. The van der Waals surface area contributed by atoms with Crippen molar-refractivity contribution in [2.45, 2.75) is 50.4 Å². The molecule has 1 nitrogen and oxygen atoms in total. The molecule has 0 unspecified atom stereocenters. The molecule has 0 saturated heterocycles. The van der Waals surface area contributed by atoms with Crippen LogP contribution in [0.15, 0.2) is 48.5 Å². The first-order chi connectivity index (χ1) is 10.4. The average molecular weight is 314 g/mol. The number of anilines is 1. The monoisotopic (exact) mass is 313 g/mol. The summed E-state index contributed by atoms with van der Waals surface area (Å²) in [5.74, 6) is 0. The highest BCUT2D eigenvalue weighted by Gasteiger charge is 2.40. The van der Waals surface area contributed by atoms with Gasteiger partial charge in [0.05, 0.1) is 0 Å². The summed E-state index contributed by atoms with van der Waals surface area (Å²) in [4.78, 5) is 0. The van der Waals surface area contributed by atoms with E-state index in [-0.39, 0.29) is 0 Å². The number of nitrogens with two attached hydrogens (primary N) is 1. The number of hydrogen-bond acceptors (Lipinski definition) is 1. The lowest BCUT2D eigenvalue weighted by Gasteiger charge is -2.10. The van der Waals surface area contributed by atoms with E-state index in [4.69, 9.17) is 17.3 Å². The molecule has 22 heavy (non-hydrogen) atoms. The maximum absolute atomic E-state index is 6.05. The van der Waals surface area contributed by atoms with E-state index in [1.165, 1.54) is 36.8 Å². The van der Waals surface area contributed by atoms with Crippen molar-refractivity contribution in [3.8, 4) is 0 Å². The minimum Gasteiger partial charge on any atom is -0.398 e. The van der Waals surface area contributed by atoms with Crippen LogP contribution in [0.3, 0.4) is 0 Å². The number of para-hydroxylation sites is 1. The number of nitrogen functional groups attached to an aromatic ring is 1. The van der Waals surface area contributed by atoms with Gasteiger partial charge in [-0.25, -0.2) is 0 Å². The molecule has 0 aliphatic heterocycles. The second-order valence-corrected chi connectivity index (χ2v) is 7.60. The van der Waals surface area contributed by atoms with Gasteiger partial charge in [0.1, 0.15) is 0 Å². The van der Waals surface area contributed by atoms with Gasteiger partial charge in [0.25, 0.3) is 0 Å². The highest BCUT2D eigenvalue weighted by Crippen LogP contribution is 2.50. The molecule has 2 aromatic rings. The van der Waals surface area contributed by atoms with Gasteiger partial charge in [-0.15, -0.1) is 0 Å². The Balaban J connectivity index is 0.000000131. The maximum Gasteiger partial charge on any atom is 0.0443 e. The summed E-state index contributed by atoms with van der Waals surface area (Å²) in [7, 11) is 0. The van der Waals surface area contributed by atoms with Crippen LogP contribution >= 0.6 is 11.6 Å². The van der Waals surface area contributed by atoms with Crippen molar-refractivity contribution < 1.29 is 0 Å². The van der Waals surface area contributed by atoms with Crippen molar-refractivity contribution in [2.24, 2.45) is 0 Å². The summed E-state index contributed by atoms with van der Waals surface area (Å²) < 4.78 is 0. The van der Waals surface area contributed by atoms with E-state index in [1.807, 2.05) is 24.3 Å². The van der Waals surface area contributed by atoms with Crippen molar-refractivity contribution in [2.75, 3.05) is 5.73 Å². The Morgan fingerprint density at radius 1 is 0.773 bits per heavy atom. The smallest absolute Gasteiger partial charge is 0.0443 e. The Kier molecular flexibility index (Phi) is 3.94. The van der Waals surface area contributed by atoms with Crippen LogP contribution in [0.25, 0.3) is 0 Å². The topological polar surface area (TPSA) is 26.0 Å². The zero-order chi connectivity index (χ0) is 15.8. The fourth-order valence-electron chi connectivity index (χ4n) is 2.91. The molecule has 4 rings (SSSR count). The predicted octanol–water partition coefficient (Wildman–Crippen LogP) is 5.71. The summed E-state index contributed by atoms with van der Waals surface area (Å²) in [6.45, 7) is 4.55. The van der Waals surface area contributed by atoms with Crippen molar-refractivity contribution >= 4 is 17.3 Å². The van der Waals surface area contributed by atoms with E-state index < -0.39 is 0 Å². The molecule has 2 aliphatic rings. The molecule has 2 saturated carbocycles. The molecule has 0 spiro atoms. The lowest BCUT2D eigenvalue weighted by molar-refractivity contribution is 0.788. The summed E-state index contributed by atoms with van der Waals surface area (Å²) in [5.41, 5.74) is 10.3. The molecule has 0 radical (unpaired) electrons. The third-order valence-electron chi connectivity index (χ3n) is 5.14. The molecule has 0 aromatic heterocycles. The second-order valence-electron chi connectivity index (χ2n) is 7.19. The van der Waals surface area contributed by atoms with Crippen LogP contribution < -0.4 is 5.73 Å². The zero-order valence-corrected chi connectivity index (χ0v) is 14.2. The van der Waals surface area contributed by atoms with Crippen LogP contribution in [0.2, 0.25) is 5.02 Å². The van der Waals surface area contributed by atoms with Crippen LogP contribution in [-0.4, -0.2) is 0 Å². The predicted molar refractivity (Wildman–Crippen MR) is 95.5 cm³/mol. The summed E-state index contributed by atoms with van der Waals surface area (Å²) >= 11 is 6.05. The molecule has 0 bridgehead atoms. The molecule has 2 aromatic carbocycles. The lowest BCUT2D eigenvalue weighted by Crippen LogP contribution is -2.03. The summed E-state index contributed by atoms with van der Waals surface area (Å²) in [6.07, 6.45) is 5.16. The molecule has 0 atom stereocenters. The summed E-state index contributed by atoms with van der Waals surface area (Å²) in [5, 5.41) is 0.924. The van der Waals surface area contributed by atoms with E-state index in [1.54, 1.807) is 0 Å². The Bertz CT molecular complexity index is 609. The van der Waals surface area contributed by atoms with Crippen molar-refractivity contribution in [1.29, 1.82) is 0 Å². The summed E-state index contributed by atoms with van der Waals surface area (Å²) in [6, 6.07) is 16.3. The van der Waals surface area contributed by atoms with Crippen LogP contribution in [0.1, 0.15) is 50.7 Å². The Labute approximate surface area is 138 Å². The van der Waals surface area contributed by atoms with Gasteiger partial charge in [-0.3, -0.25) is 0 Å². The van der Waals surface area contributed by atoms with Gasteiger partial charge < -0.3 is 5.73 Å². The Morgan fingerprint density at radius 2 is 1.23 bits per heavy atom. The minimum atomic E-state index is 0.401. The van der Waals surface area contributed by atoms with Crippen molar-refractivity contribution in [3.63, 3.8) is 0 Å². The Morgan fingerprint density at radius 3 is 1.73 bits per heavy atom. The molecular formula is C20H24ClN. The standard InChI is InChI=1S/C10H11Cl.C10H13N/c2*1-10(6-7-10)8-4-2-3-5-9(8)11/h2-5H,6-7H2,1H3;2-5H,6-7,11H2,1H3. The first-order valence-electron chi connectivity index (χ1n) is 8.05. The molecule has 2 heteroatoms. The zero-order valence-electron chi connectivity index (χ0n) is 13.4. The first-order valence-corrected chi connectivity index (χ1v) is 8.42. The number of rotatable bonds is 2. The molecule has 116 valence electrons.